The second kappa shape index (κ2) is 8.29. The summed E-state index contributed by atoms with van der Waals surface area (Å²) < 4.78 is 28.2. The summed E-state index contributed by atoms with van der Waals surface area (Å²) in [4.78, 5) is 11.1. The van der Waals surface area contributed by atoms with Gasteiger partial charge in [-0.1, -0.05) is 24.4 Å². The van der Waals surface area contributed by atoms with Crippen LogP contribution in [-0.4, -0.2) is 31.6 Å². The first kappa shape index (κ1) is 19.7. The molecule has 0 aromatic heterocycles. The third kappa shape index (κ3) is 5.00. The van der Waals surface area contributed by atoms with Gasteiger partial charge in [-0.3, -0.25) is 0 Å². The van der Waals surface area contributed by atoms with E-state index in [1.165, 1.54) is 24.3 Å². The van der Waals surface area contributed by atoms with Crippen molar-refractivity contribution in [3.05, 3.63) is 59.1 Å². The van der Waals surface area contributed by atoms with Gasteiger partial charge in [-0.05, 0) is 61.4 Å². The van der Waals surface area contributed by atoms with E-state index >= 15 is 0 Å². The van der Waals surface area contributed by atoms with E-state index in [2.05, 4.69) is 10.0 Å². The minimum atomic E-state index is -3.65. The summed E-state index contributed by atoms with van der Waals surface area (Å²) in [6.07, 6.45) is 3.51. The van der Waals surface area contributed by atoms with E-state index in [4.69, 9.17) is 16.7 Å². The second-order valence-corrected chi connectivity index (χ2v) is 8.75. The van der Waals surface area contributed by atoms with Crippen molar-refractivity contribution in [3.63, 3.8) is 0 Å². The van der Waals surface area contributed by atoms with Gasteiger partial charge in [-0.2, -0.15) is 0 Å². The molecule has 0 radical (unpaired) electrons. The molecule has 0 saturated heterocycles. The molecule has 3 rings (SSSR count). The quantitative estimate of drug-likeness (QED) is 0.676. The molecule has 6 nitrogen and oxygen atoms in total. The minimum Gasteiger partial charge on any atom is -0.478 e. The average Bonchev–Trinajstić information content (AvgIpc) is 2.64. The number of anilines is 1. The predicted octanol–water partition coefficient (Wildman–Crippen LogP) is 3.74. The van der Waals surface area contributed by atoms with Gasteiger partial charge in [-0.25, -0.2) is 17.9 Å². The van der Waals surface area contributed by atoms with Crippen molar-refractivity contribution >= 4 is 33.3 Å². The highest BCUT2D eigenvalue weighted by Crippen LogP contribution is 2.24. The summed E-state index contributed by atoms with van der Waals surface area (Å²) in [7, 11) is -3.65. The monoisotopic (exact) mass is 408 g/mol. The predicted molar refractivity (Wildman–Crippen MR) is 105 cm³/mol. The first-order valence-electron chi connectivity index (χ1n) is 8.73. The fraction of sp³-hybridized carbons (Fsp3) is 0.316. The normalized spacial score (nSPS) is 20.2. The lowest BCUT2D eigenvalue weighted by Crippen LogP contribution is -2.48. The number of halogens is 1. The summed E-state index contributed by atoms with van der Waals surface area (Å²) in [6, 6.07) is 12.2. The van der Waals surface area contributed by atoms with Crippen molar-refractivity contribution in [1.29, 1.82) is 0 Å². The standard InChI is InChI=1S/C19H21ClN2O4S/c20-14-7-11-16(12-8-14)27(25,26)22-18-4-2-1-3-17(18)21-15-9-5-13(6-10-15)19(23)24/h5-12,17-18,21-22H,1-4H2,(H,23,24). The zero-order chi connectivity index (χ0) is 19.4. The molecule has 2 aromatic carbocycles. The van der Waals surface area contributed by atoms with Crippen molar-refractivity contribution < 1.29 is 18.3 Å². The molecule has 0 heterocycles. The van der Waals surface area contributed by atoms with Crippen LogP contribution in [0, 0.1) is 0 Å². The Morgan fingerprint density at radius 3 is 2.15 bits per heavy atom. The van der Waals surface area contributed by atoms with Gasteiger partial charge in [0.25, 0.3) is 0 Å². The maximum Gasteiger partial charge on any atom is 0.335 e. The number of aromatic carboxylic acids is 1. The Morgan fingerprint density at radius 1 is 0.963 bits per heavy atom. The number of benzene rings is 2. The number of carbonyl (C=O) groups is 1. The van der Waals surface area contributed by atoms with Crippen LogP contribution >= 0.6 is 11.6 Å². The molecule has 1 fully saturated rings. The lowest BCUT2D eigenvalue weighted by molar-refractivity contribution is 0.0697. The van der Waals surface area contributed by atoms with E-state index in [1.807, 2.05) is 0 Å². The molecule has 27 heavy (non-hydrogen) atoms. The molecular weight excluding hydrogens is 388 g/mol. The van der Waals surface area contributed by atoms with E-state index in [0.29, 0.717) is 5.02 Å². The van der Waals surface area contributed by atoms with Crippen LogP contribution in [0.3, 0.4) is 0 Å². The molecule has 2 aromatic rings. The van der Waals surface area contributed by atoms with Crippen molar-refractivity contribution in [2.24, 2.45) is 0 Å². The van der Waals surface area contributed by atoms with Crippen LogP contribution < -0.4 is 10.0 Å². The van der Waals surface area contributed by atoms with E-state index in [1.54, 1.807) is 24.3 Å². The average molecular weight is 409 g/mol. The molecular formula is C19H21ClN2O4S. The Kier molecular flexibility index (Phi) is 6.04. The number of rotatable bonds is 6. The Labute approximate surface area is 163 Å². The summed E-state index contributed by atoms with van der Waals surface area (Å²) in [6.45, 7) is 0. The van der Waals surface area contributed by atoms with Crippen LogP contribution in [0.2, 0.25) is 5.02 Å². The molecule has 2 unspecified atom stereocenters. The number of carboxylic acid groups (broad SMARTS) is 1. The van der Waals surface area contributed by atoms with Crippen molar-refractivity contribution in [1.82, 2.24) is 4.72 Å². The van der Waals surface area contributed by atoms with Crippen LogP contribution in [0.4, 0.5) is 5.69 Å². The van der Waals surface area contributed by atoms with Gasteiger partial charge < -0.3 is 10.4 Å². The zero-order valence-electron chi connectivity index (χ0n) is 14.6. The molecule has 1 aliphatic carbocycles. The molecule has 0 spiro atoms. The van der Waals surface area contributed by atoms with Gasteiger partial charge >= 0.3 is 5.97 Å². The molecule has 8 heteroatoms. The summed E-state index contributed by atoms with van der Waals surface area (Å²) >= 11 is 5.84. The number of carboxylic acids is 1. The Balaban J connectivity index is 1.73. The summed E-state index contributed by atoms with van der Waals surface area (Å²) in [5, 5.41) is 12.8. The largest absolute Gasteiger partial charge is 0.478 e. The van der Waals surface area contributed by atoms with Crippen LogP contribution in [-0.2, 0) is 10.0 Å². The van der Waals surface area contributed by atoms with Gasteiger partial charge in [-0.15, -0.1) is 0 Å². The molecule has 1 saturated carbocycles. The molecule has 1 aliphatic rings. The number of sulfonamides is 1. The van der Waals surface area contributed by atoms with E-state index < -0.39 is 16.0 Å². The van der Waals surface area contributed by atoms with E-state index in [-0.39, 0.29) is 22.5 Å². The fourth-order valence-corrected chi connectivity index (χ4v) is 4.69. The Morgan fingerprint density at radius 2 is 1.56 bits per heavy atom. The molecule has 0 bridgehead atoms. The van der Waals surface area contributed by atoms with Crippen LogP contribution in [0.25, 0.3) is 0 Å². The van der Waals surface area contributed by atoms with Gasteiger partial charge in [0.05, 0.1) is 10.5 Å². The molecule has 144 valence electrons. The number of nitrogens with one attached hydrogen (secondary N) is 2. The van der Waals surface area contributed by atoms with Crippen molar-refractivity contribution in [2.75, 3.05) is 5.32 Å². The van der Waals surface area contributed by atoms with Crippen molar-refractivity contribution in [3.8, 4) is 0 Å². The highest BCUT2D eigenvalue weighted by Gasteiger charge is 2.29. The van der Waals surface area contributed by atoms with E-state index in [0.717, 1.165) is 31.4 Å². The van der Waals surface area contributed by atoms with Gasteiger partial charge in [0, 0.05) is 22.8 Å². The minimum absolute atomic E-state index is 0.0727. The molecule has 2 atom stereocenters. The third-order valence-electron chi connectivity index (χ3n) is 4.68. The first-order valence-corrected chi connectivity index (χ1v) is 10.6. The van der Waals surface area contributed by atoms with Crippen LogP contribution in [0.15, 0.2) is 53.4 Å². The highest BCUT2D eigenvalue weighted by molar-refractivity contribution is 7.89. The van der Waals surface area contributed by atoms with Crippen LogP contribution in [0.1, 0.15) is 36.0 Å². The molecule has 3 N–H and O–H groups in total. The van der Waals surface area contributed by atoms with Crippen LogP contribution in [0.5, 0.6) is 0 Å². The molecule has 0 amide bonds. The first-order chi connectivity index (χ1) is 12.8. The SMILES string of the molecule is O=C(O)c1ccc(NC2CCCCC2NS(=O)(=O)c2ccc(Cl)cc2)cc1. The smallest absolute Gasteiger partial charge is 0.335 e. The lowest BCUT2D eigenvalue weighted by atomic mass is 9.91. The van der Waals surface area contributed by atoms with Gasteiger partial charge in [0.2, 0.25) is 10.0 Å². The molecule has 0 aliphatic heterocycles. The lowest BCUT2D eigenvalue weighted by Gasteiger charge is -2.33. The number of hydrogen-bond acceptors (Lipinski definition) is 4. The van der Waals surface area contributed by atoms with E-state index in [9.17, 15) is 13.2 Å². The third-order valence-corrected chi connectivity index (χ3v) is 6.44. The number of hydrogen-bond donors (Lipinski definition) is 3. The summed E-state index contributed by atoms with van der Waals surface area (Å²) in [5.41, 5.74) is 0.978. The fourth-order valence-electron chi connectivity index (χ4n) is 3.25. The Bertz CT molecular complexity index is 898. The zero-order valence-corrected chi connectivity index (χ0v) is 16.1. The van der Waals surface area contributed by atoms with Gasteiger partial charge in [0.15, 0.2) is 0 Å². The van der Waals surface area contributed by atoms with Gasteiger partial charge in [0.1, 0.15) is 0 Å². The highest BCUT2D eigenvalue weighted by atomic mass is 35.5. The van der Waals surface area contributed by atoms with Crippen molar-refractivity contribution in [2.45, 2.75) is 42.7 Å². The Hall–Kier alpha value is -2.09. The second-order valence-electron chi connectivity index (χ2n) is 6.60. The maximum absolute atomic E-state index is 12.7. The maximum atomic E-state index is 12.7. The summed E-state index contributed by atoms with van der Waals surface area (Å²) in [5.74, 6) is -0.979. The topological polar surface area (TPSA) is 95.5 Å².